The number of para-hydroxylation sites is 1. The molecular weight excluding hydrogens is 331 g/mol. The second-order valence-corrected chi connectivity index (χ2v) is 5.37. The molecule has 0 bridgehead atoms. The molecule has 0 fully saturated rings. The van der Waals surface area contributed by atoms with Gasteiger partial charge in [-0.25, -0.2) is 9.78 Å². The zero-order chi connectivity index (χ0) is 18.0. The van der Waals surface area contributed by atoms with Crippen molar-refractivity contribution in [1.82, 2.24) is 4.98 Å². The molecule has 0 amide bonds. The molecule has 1 N–H and O–H groups in total. The molecular formula is C19H12F3NO2. The van der Waals surface area contributed by atoms with Gasteiger partial charge in [0.1, 0.15) is 0 Å². The van der Waals surface area contributed by atoms with Crippen LogP contribution >= 0.6 is 0 Å². The van der Waals surface area contributed by atoms with Gasteiger partial charge in [0.05, 0.1) is 22.3 Å². The minimum atomic E-state index is -4.38. The Morgan fingerprint density at radius 1 is 1.00 bits per heavy atom. The molecule has 0 spiro atoms. The van der Waals surface area contributed by atoms with E-state index < -0.39 is 17.7 Å². The fourth-order valence-electron chi connectivity index (χ4n) is 2.42. The maximum Gasteiger partial charge on any atom is 0.416 e. The summed E-state index contributed by atoms with van der Waals surface area (Å²) in [5.74, 6) is -1.07. The molecule has 3 nitrogen and oxygen atoms in total. The Morgan fingerprint density at radius 3 is 2.32 bits per heavy atom. The lowest BCUT2D eigenvalue weighted by molar-refractivity contribution is -0.137. The number of carbonyl (C=O) groups is 1. The molecule has 126 valence electrons. The number of benzene rings is 2. The van der Waals surface area contributed by atoms with Gasteiger partial charge < -0.3 is 5.11 Å². The van der Waals surface area contributed by atoms with E-state index in [0.29, 0.717) is 22.2 Å². The van der Waals surface area contributed by atoms with E-state index in [1.54, 1.807) is 36.4 Å². The van der Waals surface area contributed by atoms with E-state index in [9.17, 15) is 23.1 Å². The molecule has 25 heavy (non-hydrogen) atoms. The Morgan fingerprint density at radius 2 is 1.68 bits per heavy atom. The van der Waals surface area contributed by atoms with Gasteiger partial charge in [0, 0.05) is 5.39 Å². The third-order valence-electron chi connectivity index (χ3n) is 3.65. The highest BCUT2D eigenvalue weighted by molar-refractivity contribution is 6.03. The summed E-state index contributed by atoms with van der Waals surface area (Å²) in [6.45, 7) is 0. The number of carboxylic acid groups (broad SMARTS) is 1. The number of alkyl halides is 3. The third kappa shape index (κ3) is 3.68. The van der Waals surface area contributed by atoms with Crippen LogP contribution in [0.4, 0.5) is 13.2 Å². The van der Waals surface area contributed by atoms with Gasteiger partial charge in [-0.3, -0.25) is 0 Å². The Bertz CT molecular complexity index is 961. The van der Waals surface area contributed by atoms with Crippen LogP contribution in [0.5, 0.6) is 0 Å². The summed E-state index contributed by atoms with van der Waals surface area (Å²) >= 11 is 0. The van der Waals surface area contributed by atoms with E-state index in [1.807, 2.05) is 0 Å². The predicted octanol–water partition coefficient (Wildman–Crippen LogP) is 5.12. The number of pyridine rings is 1. The quantitative estimate of drug-likeness (QED) is 0.718. The topological polar surface area (TPSA) is 50.2 Å². The minimum Gasteiger partial charge on any atom is -0.478 e. The monoisotopic (exact) mass is 343 g/mol. The number of halogens is 3. The number of nitrogens with zero attached hydrogens (tertiary/aromatic N) is 1. The van der Waals surface area contributed by atoms with Crippen LogP contribution in [-0.4, -0.2) is 16.1 Å². The summed E-state index contributed by atoms with van der Waals surface area (Å²) in [5.41, 5.74) is 0.907. The number of aromatic nitrogens is 1. The lowest BCUT2D eigenvalue weighted by atomic mass is 10.1. The molecule has 3 aromatic rings. The van der Waals surface area contributed by atoms with Crippen molar-refractivity contribution in [2.75, 3.05) is 0 Å². The normalized spacial score (nSPS) is 12.0. The van der Waals surface area contributed by atoms with Gasteiger partial charge in [-0.2, -0.15) is 13.2 Å². The summed E-state index contributed by atoms with van der Waals surface area (Å²) < 4.78 is 37.7. The van der Waals surface area contributed by atoms with E-state index in [1.165, 1.54) is 18.2 Å². The lowest BCUT2D eigenvalue weighted by Gasteiger charge is -2.06. The summed E-state index contributed by atoms with van der Waals surface area (Å²) in [4.78, 5) is 15.8. The van der Waals surface area contributed by atoms with Gasteiger partial charge in [0.2, 0.25) is 0 Å². The Balaban J connectivity index is 1.95. The molecule has 1 heterocycles. The number of rotatable bonds is 3. The van der Waals surface area contributed by atoms with Crippen molar-refractivity contribution in [1.29, 1.82) is 0 Å². The van der Waals surface area contributed by atoms with Crippen LogP contribution in [0.25, 0.3) is 23.1 Å². The molecule has 1 aromatic heterocycles. The predicted molar refractivity (Wildman–Crippen MR) is 89.1 cm³/mol. The average molecular weight is 343 g/mol. The minimum absolute atomic E-state index is 0.123. The van der Waals surface area contributed by atoms with Crippen molar-refractivity contribution < 1.29 is 23.1 Å². The first-order valence-corrected chi connectivity index (χ1v) is 7.33. The van der Waals surface area contributed by atoms with Crippen molar-refractivity contribution in [3.05, 3.63) is 77.0 Å². The highest BCUT2D eigenvalue weighted by Crippen LogP contribution is 2.29. The van der Waals surface area contributed by atoms with Crippen molar-refractivity contribution >= 4 is 29.0 Å². The fourth-order valence-corrected chi connectivity index (χ4v) is 2.42. The van der Waals surface area contributed by atoms with E-state index in [0.717, 1.165) is 12.1 Å². The number of hydrogen-bond acceptors (Lipinski definition) is 2. The largest absolute Gasteiger partial charge is 0.478 e. The van der Waals surface area contributed by atoms with Gasteiger partial charge in [-0.15, -0.1) is 0 Å². The standard InChI is InChI=1S/C19H12F3NO2/c20-19(21,22)13-8-5-12(6-9-13)7-10-14-11-16(18(24)25)15-3-1-2-4-17(15)23-14/h1-11H,(H,24,25)/b10-7+. The molecule has 0 unspecified atom stereocenters. The van der Waals surface area contributed by atoms with Crippen LogP contribution in [0.3, 0.4) is 0 Å². The van der Waals surface area contributed by atoms with E-state index in [2.05, 4.69) is 4.98 Å². The van der Waals surface area contributed by atoms with E-state index in [4.69, 9.17) is 0 Å². The van der Waals surface area contributed by atoms with E-state index in [-0.39, 0.29) is 5.56 Å². The average Bonchev–Trinajstić information content (AvgIpc) is 2.58. The van der Waals surface area contributed by atoms with Gasteiger partial charge >= 0.3 is 12.1 Å². The molecule has 2 aromatic carbocycles. The van der Waals surface area contributed by atoms with Crippen molar-refractivity contribution in [3.8, 4) is 0 Å². The number of aromatic carboxylic acids is 1. The molecule has 0 aliphatic heterocycles. The van der Waals surface area contributed by atoms with Crippen LogP contribution in [0.15, 0.2) is 54.6 Å². The van der Waals surface area contributed by atoms with Gasteiger partial charge in [0.15, 0.2) is 0 Å². The SMILES string of the molecule is O=C(O)c1cc(/C=C/c2ccc(C(F)(F)F)cc2)nc2ccccc12. The molecule has 0 atom stereocenters. The van der Waals surface area contributed by atoms with Gasteiger partial charge in [-0.1, -0.05) is 36.4 Å². The highest BCUT2D eigenvalue weighted by Gasteiger charge is 2.29. The second kappa shape index (κ2) is 6.39. The van der Waals surface area contributed by atoms with Gasteiger partial charge in [-0.05, 0) is 35.9 Å². The fraction of sp³-hybridized carbons (Fsp3) is 0.0526. The summed E-state index contributed by atoms with van der Waals surface area (Å²) in [6, 6.07) is 13.0. The molecule has 0 saturated heterocycles. The van der Waals surface area contributed by atoms with Crippen molar-refractivity contribution in [2.45, 2.75) is 6.18 Å². The Labute approximate surface area is 141 Å². The zero-order valence-corrected chi connectivity index (χ0v) is 12.8. The first-order valence-electron chi connectivity index (χ1n) is 7.33. The Kier molecular flexibility index (Phi) is 4.27. The molecule has 0 radical (unpaired) electrons. The van der Waals surface area contributed by atoms with Crippen LogP contribution in [0.2, 0.25) is 0 Å². The smallest absolute Gasteiger partial charge is 0.416 e. The maximum absolute atomic E-state index is 12.6. The first kappa shape index (κ1) is 16.7. The highest BCUT2D eigenvalue weighted by atomic mass is 19.4. The second-order valence-electron chi connectivity index (χ2n) is 5.37. The van der Waals surface area contributed by atoms with Gasteiger partial charge in [0.25, 0.3) is 0 Å². The summed E-state index contributed by atoms with van der Waals surface area (Å²) in [7, 11) is 0. The number of hydrogen-bond donors (Lipinski definition) is 1. The zero-order valence-electron chi connectivity index (χ0n) is 12.8. The number of carboxylic acids is 1. The summed E-state index contributed by atoms with van der Waals surface area (Å²) in [5, 5.41) is 9.87. The van der Waals surface area contributed by atoms with Crippen LogP contribution in [0.1, 0.15) is 27.2 Å². The molecule has 0 aliphatic carbocycles. The first-order chi connectivity index (χ1) is 11.8. The lowest BCUT2D eigenvalue weighted by Crippen LogP contribution is -2.03. The summed E-state index contributed by atoms with van der Waals surface area (Å²) in [6.07, 6.45) is -1.22. The number of fused-ring (bicyclic) bond motifs is 1. The molecule has 3 rings (SSSR count). The Hall–Kier alpha value is -3.15. The maximum atomic E-state index is 12.6. The van der Waals surface area contributed by atoms with Crippen LogP contribution in [-0.2, 0) is 6.18 Å². The van der Waals surface area contributed by atoms with Crippen LogP contribution in [0, 0.1) is 0 Å². The van der Waals surface area contributed by atoms with Crippen molar-refractivity contribution in [3.63, 3.8) is 0 Å². The van der Waals surface area contributed by atoms with E-state index >= 15 is 0 Å². The molecule has 0 saturated carbocycles. The van der Waals surface area contributed by atoms with Crippen LogP contribution < -0.4 is 0 Å². The molecule has 6 heteroatoms. The molecule has 0 aliphatic rings. The third-order valence-corrected chi connectivity index (χ3v) is 3.65. The van der Waals surface area contributed by atoms with Crippen molar-refractivity contribution in [2.24, 2.45) is 0 Å².